The average molecular weight is 260 g/mol. The van der Waals surface area contributed by atoms with E-state index in [-0.39, 0.29) is 5.91 Å². The predicted octanol–water partition coefficient (Wildman–Crippen LogP) is 0.453. The number of carbonyl (C=O) groups is 1. The Kier molecular flexibility index (Phi) is 4.07. The molecule has 2 aromatic rings. The van der Waals surface area contributed by atoms with Crippen molar-refractivity contribution in [3.63, 3.8) is 0 Å². The van der Waals surface area contributed by atoms with Crippen LogP contribution in [0.2, 0.25) is 0 Å². The van der Waals surface area contributed by atoms with Crippen molar-refractivity contribution in [2.75, 3.05) is 12.3 Å². The lowest BCUT2D eigenvalue weighted by atomic mass is 10.2. The molecule has 0 spiro atoms. The summed E-state index contributed by atoms with van der Waals surface area (Å²) in [7, 11) is 0. The normalized spacial score (nSPS) is 10.4. The number of pyridine rings is 1. The quantitative estimate of drug-likeness (QED) is 0.676. The van der Waals surface area contributed by atoms with Crippen molar-refractivity contribution in [1.29, 1.82) is 0 Å². The molecular formula is C12H16N6O. The van der Waals surface area contributed by atoms with Gasteiger partial charge in [-0.2, -0.15) is 5.10 Å². The minimum Gasteiger partial charge on any atom is -0.398 e. The molecule has 7 nitrogen and oxygen atoms in total. The number of aromatic nitrogens is 4. The number of nitrogen functional groups attached to an aromatic ring is 1. The summed E-state index contributed by atoms with van der Waals surface area (Å²) in [6.07, 6.45) is 4.48. The number of amides is 1. The third-order valence-electron chi connectivity index (χ3n) is 2.66. The van der Waals surface area contributed by atoms with Gasteiger partial charge >= 0.3 is 0 Å². The lowest BCUT2D eigenvalue weighted by molar-refractivity contribution is 0.0953. The summed E-state index contributed by atoms with van der Waals surface area (Å²) in [6, 6.07) is 1.68. The highest BCUT2D eigenvalue weighted by molar-refractivity contribution is 5.98. The van der Waals surface area contributed by atoms with Crippen molar-refractivity contribution in [3.8, 4) is 0 Å². The number of nitrogens with zero attached hydrogens (tertiary/aromatic N) is 3. The van der Waals surface area contributed by atoms with E-state index in [1.807, 2.05) is 6.92 Å². The Labute approximate surface area is 110 Å². The molecule has 1 amide bonds. The van der Waals surface area contributed by atoms with Gasteiger partial charge in [-0.3, -0.25) is 14.9 Å². The van der Waals surface area contributed by atoms with Crippen LogP contribution in [0, 0.1) is 6.92 Å². The molecule has 0 bridgehead atoms. The fourth-order valence-corrected chi connectivity index (χ4v) is 1.67. The van der Waals surface area contributed by atoms with E-state index in [4.69, 9.17) is 5.73 Å². The number of rotatable bonds is 5. The molecule has 7 heteroatoms. The fourth-order valence-electron chi connectivity index (χ4n) is 1.67. The highest BCUT2D eigenvalue weighted by Gasteiger charge is 2.09. The zero-order valence-corrected chi connectivity index (χ0v) is 10.7. The van der Waals surface area contributed by atoms with Crippen LogP contribution in [-0.2, 0) is 6.42 Å². The van der Waals surface area contributed by atoms with Gasteiger partial charge in [0, 0.05) is 30.5 Å². The summed E-state index contributed by atoms with van der Waals surface area (Å²) in [6.45, 7) is 2.38. The van der Waals surface area contributed by atoms with Gasteiger partial charge in [0.2, 0.25) is 0 Å². The number of H-pyrrole nitrogens is 1. The molecule has 2 heterocycles. The van der Waals surface area contributed by atoms with Gasteiger partial charge in [-0.05, 0) is 19.4 Å². The van der Waals surface area contributed by atoms with E-state index in [0.717, 1.165) is 24.4 Å². The Bertz CT molecular complexity index is 551. The second-order valence-electron chi connectivity index (χ2n) is 4.20. The number of aromatic amines is 1. The van der Waals surface area contributed by atoms with Crippen LogP contribution in [0.25, 0.3) is 0 Å². The van der Waals surface area contributed by atoms with E-state index in [9.17, 15) is 4.79 Å². The van der Waals surface area contributed by atoms with Crippen LogP contribution in [0.15, 0.2) is 18.6 Å². The average Bonchev–Trinajstić information content (AvgIpc) is 2.87. The van der Waals surface area contributed by atoms with Crippen molar-refractivity contribution in [1.82, 2.24) is 25.5 Å². The smallest absolute Gasteiger partial charge is 0.254 e. The van der Waals surface area contributed by atoms with Crippen LogP contribution in [0.1, 0.15) is 28.3 Å². The topological polar surface area (TPSA) is 110 Å². The van der Waals surface area contributed by atoms with Crippen molar-refractivity contribution < 1.29 is 4.79 Å². The van der Waals surface area contributed by atoms with Gasteiger partial charge in [0.05, 0.1) is 5.56 Å². The van der Waals surface area contributed by atoms with E-state index >= 15 is 0 Å². The second kappa shape index (κ2) is 5.94. The molecule has 0 fully saturated rings. The Morgan fingerprint density at radius 1 is 1.47 bits per heavy atom. The van der Waals surface area contributed by atoms with E-state index in [1.54, 1.807) is 6.07 Å². The monoisotopic (exact) mass is 260 g/mol. The summed E-state index contributed by atoms with van der Waals surface area (Å²) >= 11 is 0. The Morgan fingerprint density at radius 3 is 3.00 bits per heavy atom. The van der Waals surface area contributed by atoms with Gasteiger partial charge in [-0.15, -0.1) is 0 Å². The molecule has 0 aliphatic heterocycles. The molecule has 0 aliphatic rings. The molecule has 0 saturated carbocycles. The second-order valence-corrected chi connectivity index (χ2v) is 4.20. The maximum Gasteiger partial charge on any atom is 0.254 e. The number of nitrogens with one attached hydrogen (secondary N) is 2. The first-order valence-corrected chi connectivity index (χ1v) is 6.01. The third kappa shape index (κ3) is 3.51. The van der Waals surface area contributed by atoms with E-state index in [1.165, 1.54) is 12.5 Å². The van der Waals surface area contributed by atoms with E-state index < -0.39 is 0 Å². The number of carbonyl (C=O) groups excluding carboxylic acids is 1. The predicted molar refractivity (Wildman–Crippen MR) is 70.4 cm³/mol. The highest BCUT2D eigenvalue weighted by atomic mass is 16.1. The van der Waals surface area contributed by atoms with Crippen LogP contribution in [0.4, 0.5) is 5.69 Å². The molecule has 100 valence electrons. The van der Waals surface area contributed by atoms with E-state index in [0.29, 0.717) is 17.8 Å². The van der Waals surface area contributed by atoms with Crippen LogP contribution in [0.3, 0.4) is 0 Å². The summed E-state index contributed by atoms with van der Waals surface area (Å²) in [5, 5.41) is 9.32. The van der Waals surface area contributed by atoms with Gasteiger partial charge in [0.25, 0.3) is 5.91 Å². The number of nitrogens with two attached hydrogens (primary N) is 1. The van der Waals surface area contributed by atoms with Crippen molar-refractivity contribution in [2.45, 2.75) is 19.8 Å². The molecule has 0 atom stereocenters. The van der Waals surface area contributed by atoms with Crippen molar-refractivity contribution in [3.05, 3.63) is 35.7 Å². The first-order chi connectivity index (χ1) is 9.16. The molecule has 0 unspecified atom stereocenters. The molecular weight excluding hydrogens is 244 g/mol. The SMILES string of the molecule is Cc1cc(N)c(C(=O)NCCCc2ncn[nH]2)cn1. The maximum atomic E-state index is 11.9. The van der Waals surface area contributed by atoms with Crippen LogP contribution in [-0.4, -0.2) is 32.6 Å². The molecule has 2 rings (SSSR count). The lowest BCUT2D eigenvalue weighted by Gasteiger charge is -2.07. The Morgan fingerprint density at radius 2 is 2.32 bits per heavy atom. The fraction of sp³-hybridized carbons (Fsp3) is 0.333. The summed E-state index contributed by atoms with van der Waals surface area (Å²) in [5.74, 6) is 0.605. The van der Waals surface area contributed by atoms with Crippen LogP contribution in [0.5, 0.6) is 0 Å². The van der Waals surface area contributed by atoms with E-state index in [2.05, 4.69) is 25.5 Å². The highest BCUT2D eigenvalue weighted by Crippen LogP contribution is 2.10. The zero-order chi connectivity index (χ0) is 13.7. The number of aryl methyl sites for hydroxylation is 2. The maximum absolute atomic E-state index is 11.9. The molecule has 19 heavy (non-hydrogen) atoms. The molecule has 0 aromatic carbocycles. The Balaban J connectivity index is 1.81. The van der Waals surface area contributed by atoms with Gasteiger partial charge in [-0.1, -0.05) is 0 Å². The first-order valence-electron chi connectivity index (χ1n) is 6.01. The molecule has 2 aromatic heterocycles. The zero-order valence-electron chi connectivity index (χ0n) is 10.7. The summed E-state index contributed by atoms with van der Waals surface area (Å²) in [4.78, 5) is 19.9. The standard InChI is InChI=1S/C12H16N6O/c1-8-5-10(13)9(6-15-8)12(19)14-4-2-3-11-16-7-17-18-11/h5-7H,2-4H2,1H3,(H2,13,15)(H,14,19)(H,16,17,18). The summed E-state index contributed by atoms with van der Waals surface area (Å²) in [5.41, 5.74) is 7.42. The molecule has 0 aliphatic carbocycles. The van der Waals surface area contributed by atoms with Crippen LogP contribution < -0.4 is 11.1 Å². The largest absolute Gasteiger partial charge is 0.398 e. The lowest BCUT2D eigenvalue weighted by Crippen LogP contribution is -2.26. The van der Waals surface area contributed by atoms with Gasteiger partial charge in [0.15, 0.2) is 0 Å². The molecule has 0 saturated heterocycles. The minimum absolute atomic E-state index is 0.206. The van der Waals surface area contributed by atoms with Crippen molar-refractivity contribution in [2.24, 2.45) is 0 Å². The number of hydrogen-bond acceptors (Lipinski definition) is 5. The molecule has 4 N–H and O–H groups in total. The van der Waals surface area contributed by atoms with Gasteiger partial charge in [0.1, 0.15) is 12.2 Å². The first kappa shape index (κ1) is 13.0. The molecule has 0 radical (unpaired) electrons. The van der Waals surface area contributed by atoms with Crippen LogP contribution >= 0.6 is 0 Å². The minimum atomic E-state index is -0.206. The summed E-state index contributed by atoms with van der Waals surface area (Å²) < 4.78 is 0. The third-order valence-corrected chi connectivity index (χ3v) is 2.66. The Hall–Kier alpha value is -2.44. The van der Waals surface area contributed by atoms with Gasteiger partial charge in [-0.25, -0.2) is 4.98 Å². The van der Waals surface area contributed by atoms with Gasteiger partial charge < -0.3 is 11.1 Å². The van der Waals surface area contributed by atoms with Crippen molar-refractivity contribution >= 4 is 11.6 Å². The number of anilines is 1. The number of hydrogen-bond donors (Lipinski definition) is 3.